The van der Waals surface area contributed by atoms with E-state index in [4.69, 9.17) is 0 Å². The van der Waals surface area contributed by atoms with Crippen LogP contribution < -0.4 is 5.32 Å². The van der Waals surface area contributed by atoms with Gasteiger partial charge in [-0.2, -0.15) is 0 Å². The maximum absolute atomic E-state index is 11.9. The molecule has 1 rings (SSSR count). The highest BCUT2D eigenvalue weighted by atomic mass is 32.2. The summed E-state index contributed by atoms with van der Waals surface area (Å²) in [6.07, 6.45) is 7.82. The lowest BCUT2D eigenvalue weighted by molar-refractivity contribution is 0.176. The van der Waals surface area contributed by atoms with Gasteiger partial charge in [0.1, 0.15) is 9.84 Å². The topological polar surface area (TPSA) is 46.2 Å². The zero-order chi connectivity index (χ0) is 13.5. The van der Waals surface area contributed by atoms with E-state index in [-0.39, 0.29) is 5.41 Å². The zero-order valence-electron chi connectivity index (χ0n) is 12.0. The smallest absolute Gasteiger partial charge is 0.150 e. The van der Waals surface area contributed by atoms with Gasteiger partial charge in [0.25, 0.3) is 0 Å². The van der Waals surface area contributed by atoms with Crippen LogP contribution in [0.5, 0.6) is 0 Å². The first-order chi connectivity index (χ1) is 8.54. The monoisotopic (exact) mass is 275 g/mol. The Balaban J connectivity index is 2.55. The van der Waals surface area contributed by atoms with Gasteiger partial charge in [-0.25, -0.2) is 8.42 Å². The lowest BCUT2D eigenvalue weighted by Gasteiger charge is -2.37. The molecule has 108 valence electrons. The van der Waals surface area contributed by atoms with Gasteiger partial charge in [0.05, 0.1) is 5.75 Å². The first kappa shape index (κ1) is 16.0. The van der Waals surface area contributed by atoms with Crippen LogP contribution in [-0.2, 0) is 9.84 Å². The zero-order valence-corrected chi connectivity index (χ0v) is 12.8. The van der Waals surface area contributed by atoms with E-state index < -0.39 is 9.84 Å². The van der Waals surface area contributed by atoms with Gasteiger partial charge in [-0.1, -0.05) is 33.1 Å². The summed E-state index contributed by atoms with van der Waals surface area (Å²) >= 11 is 0. The number of hydrogen-bond acceptors (Lipinski definition) is 3. The molecule has 0 unspecified atom stereocenters. The Kier molecular flexibility index (Phi) is 6.64. The number of hydrogen-bond donors (Lipinski definition) is 1. The molecule has 1 saturated carbocycles. The van der Waals surface area contributed by atoms with Crippen LogP contribution in [0.4, 0.5) is 0 Å². The molecule has 0 aromatic rings. The van der Waals surface area contributed by atoms with Gasteiger partial charge >= 0.3 is 0 Å². The largest absolute Gasteiger partial charge is 0.316 e. The van der Waals surface area contributed by atoms with Crippen molar-refractivity contribution >= 4 is 9.84 Å². The lowest BCUT2D eigenvalue weighted by atomic mass is 9.72. The molecule has 0 spiro atoms. The van der Waals surface area contributed by atoms with Crippen molar-refractivity contribution in [2.45, 2.75) is 58.8 Å². The van der Waals surface area contributed by atoms with E-state index in [1.807, 2.05) is 6.92 Å². The SMILES string of the molecule is CCCS(=O)(=O)CCC1(CNCC)CCCCC1. The first-order valence-corrected chi connectivity index (χ1v) is 9.27. The molecule has 18 heavy (non-hydrogen) atoms. The maximum Gasteiger partial charge on any atom is 0.150 e. The Morgan fingerprint density at radius 2 is 1.72 bits per heavy atom. The quantitative estimate of drug-likeness (QED) is 0.741. The average molecular weight is 275 g/mol. The van der Waals surface area contributed by atoms with Gasteiger partial charge in [0, 0.05) is 12.3 Å². The first-order valence-electron chi connectivity index (χ1n) is 7.45. The number of rotatable bonds is 8. The third-order valence-corrected chi connectivity index (χ3v) is 5.98. The maximum atomic E-state index is 11.9. The fraction of sp³-hybridized carbons (Fsp3) is 1.00. The summed E-state index contributed by atoms with van der Waals surface area (Å²) < 4.78 is 23.7. The minimum atomic E-state index is -2.82. The number of nitrogens with one attached hydrogen (secondary N) is 1. The Bertz CT molecular complexity index is 319. The van der Waals surface area contributed by atoms with Gasteiger partial charge in [-0.15, -0.1) is 0 Å². The highest BCUT2D eigenvalue weighted by molar-refractivity contribution is 7.91. The molecule has 1 N–H and O–H groups in total. The predicted octanol–water partition coefficient (Wildman–Crippen LogP) is 2.76. The second-order valence-corrected chi connectivity index (χ2v) is 8.05. The molecule has 1 aliphatic rings. The van der Waals surface area contributed by atoms with Crippen LogP contribution in [0.25, 0.3) is 0 Å². The van der Waals surface area contributed by atoms with Crippen LogP contribution in [0.1, 0.15) is 58.8 Å². The molecule has 0 saturated heterocycles. The van der Waals surface area contributed by atoms with Gasteiger partial charge in [-0.3, -0.25) is 0 Å². The molecule has 0 amide bonds. The summed E-state index contributed by atoms with van der Waals surface area (Å²) in [5.41, 5.74) is 0.245. The highest BCUT2D eigenvalue weighted by Gasteiger charge is 2.32. The molecule has 0 heterocycles. The van der Waals surface area contributed by atoms with Crippen LogP contribution in [-0.4, -0.2) is 33.0 Å². The Morgan fingerprint density at radius 1 is 1.06 bits per heavy atom. The second-order valence-electron chi connectivity index (χ2n) is 5.74. The molecular formula is C14H29NO2S. The standard InChI is InChI=1S/C14H29NO2S/c1-3-11-18(16,17)12-10-14(13-15-4-2)8-6-5-7-9-14/h15H,3-13H2,1-2H3. The molecule has 4 heteroatoms. The molecule has 0 bridgehead atoms. The third-order valence-electron chi connectivity index (χ3n) is 4.12. The third kappa shape index (κ3) is 5.27. The summed E-state index contributed by atoms with van der Waals surface area (Å²) in [5, 5.41) is 3.43. The van der Waals surface area contributed by atoms with Crippen molar-refractivity contribution in [2.75, 3.05) is 24.6 Å². The fourth-order valence-corrected chi connectivity index (χ4v) is 4.56. The van der Waals surface area contributed by atoms with Crippen LogP contribution in [0.15, 0.2) is 0 Å². The van der Waals surface area contributed by atoms with Gasteiger partial charge in [0.15, 0.2) is 0 Å². The summed E-state index contributed by atoms with van der Waals surface area (Å²) in [4.78, 5) is 0. The van der Waals surface area contributed by atoms with Crippen molar-refractivity contribution in [2.24, 2.45) is 5.41 Å². The van der Waals surface area contributed by atoms with Gasteiger partial charge < -0.3 is 5.32 Å². The molecular weight excluding hydrogens is 246 g/mol. The molecule has 0 radical (unpaired) electrons. The summed E-state index contributed by atoms with van der Waals surface area (Å²) in [6.45, 7) is 6.02. The summed E-state index contributed by atoms with van der Waals surface area (Å²) in [6, 6.07) is 0. The van der Waals surface area contributed by atoms with Crippen molar-refractivity contribution < 1.29 is 8.42 Å². The van der Waals surface area contributed by atoms with E-state index in [9.17, 15) is 8.42 Å². The second kappa shape index (κ2) is 7.49. The lowest BCUT2D eigenvalue weighted by Crippen LogP contribution is -2.37. The molecule has 1 fully saturated rings. The fourth-order valence-electron chi connectivity index (χ4n) is 2.99. The molecule has 0 aliphatic heterocycles. The van der Waals surface area contributed by atoms with Crippen molar-refractivity contribution in [1.29, 1.82) is 0 Å². The van der Waals surface area contributed by atoms with Crippen molar-refractivity contribution in [1.82, 2.24) is 5.32 Å². The van der Waals surface area contributed by atoms with Gasteiger partial charge in [0.2, 0.25) is 0 Å². The van der Waals surface area contributed by atoms with Crippen LogP contribution >= 0.6 is 0 Å². The number of sulfone groups is 1. The Morgan fingerprint density at radius 3 is 2.28 bits per heavy atom. The normalized spacial score (nSPS) is 19.9. The average Bonchev–Trinajstić information content (AvgIpc) is 2.36. The van der Waals surface area contributed by atoms with Crippen molar-refractivity contribution in [3.05, 3.63) is 0 Å². The van der Waals surface area contributed by atoms with Gasteiger partial charge in [-0.05, 0) is 37.6 Å². The molecule has 0 atom stereocenters. The molecule has 3 nitrogen and oxygen atoms in total. The van der Waals surface area contributed by atoms with Crippen LogP contribution in [0, 0.1) is 5.41 Å². The molecule has 0 aromatic heterocycles. The predicted molar refractivity (Wildman–Crippen MR) is 77.6 cm³/mol. The van der Waals surface area contributed by atoms with E-state index in [0.29, 0.717) is 11.5 Å². The summed E-state index contributed by atoms with van der Waals surface area (Å²) in [7, 11) is -2.82. The van der Waals surface area contributed by atoms with E-state index >= 15 is 0 Å². The molecule has 1 aliphatic carbocycles. The van der Waals surface area contributed by atoms with Crippen LogP contribution in [0.3, 0.4) is 0 Å². The van der Waals surface area contributed by atoms with E-state index in [0.717, 1.165) is 25.9 Å². The van der Waals surface area contributed by atoms with E-state index in [2.05, 4.69) is 12.2 Å². The molecule has 0 aromatic carbocycles. The Labute approximate surface area is 113 Å². The van der Waals surface area contributed by atoms with Crippen LogP contribution in [0.2, 0.25) is 0 Å². The van der Waals surface area contributed by atoms with E-state index in [1.165, 1.54) is 32.1 Å². The summed E-state index contributed by atoms with van der Waals surface area (Å²) in [5.74, 6) is 0.733. The van der Waals surface area contributed by atoms with Crippen molar-refractivity contribution in [3.8, 4) is 0 Å². The van der Waals surface area contributed by atoms with E-state index in [1.54, 1.807) is 0 Å². The van der Waals surface area contributed by atoms with Crippen molar-refractivity contribution in [3.63, 3.8) is 0 Å². The minimum Gasteiger partial charge on any atom is -0.316 e. The minimum absolute atomic E-state index is 0.245. The highest BCUT2D eigenvalue weighted by Crippen LogP contribution is 2.39. The Hall–Kier alpha value is -0.0900.